The highest BCUT2D eigenvalue weighted by atomic mass is 16.5. The minimum absolute atomic E-state index is 0.709. The van der Waals surface area contributed by atoms with Crippen LogP contribution in [0.1, 0.15) is 11.5 Å². The topological polar surface area (TPSA) is 47.7 Å². The van der Waals surface area contributed by atoms with E-state index >= 15 is 0 Å². The molecule has 0 atom stereocenters. The Morgan fingerprint density at radius 1 is 1.25 bits per heavy atom. The average Bonchev–Trinajstić information content (AvgIpc) is 2.68. The van der Waals surface area contributed by atoms with Gasteiger partial charge in [-0.1, -0.05) is 5.16 Å². The number of rotatable bonds is 8. The van der Waals surface area contributed by atoms with Gasteiger partial charge in [-0.2, -0.15) is 0 Å². The van der Waals surface area contributed by atoms with Crippen LogP contribution < -0.4 is 0 Å². The maximum absolute atomic E-state index is 5.07. The zero-order chi connectivity index (χ0) is 11.8. The molecule has 0 fully saturated rings. The predicted molar refractivity (Wildman–Crippen MR) is 60.3 cm³/mol. The molecule has 0 aliphatic heterocycles. The Morgan fingerprint density at radius 3 is 2.31 bits per heavy atom. The van der Waals surface area contributed by atoms with E-state index in [1.807, 2.05) is 13.0 Å². The molecule has 0 aliphatic carbocycles. The third kappa shape index (κ3) is 4.74. The fraction of sp³-hybridized carbons (Fsp3) is 0.727. The van der Waals surface area contributed by atoms with Gasteiger partial charge in [0, 0.05) is 39.9 Å². The lowest BCUT2D eigenvalue weighted by molar-refractivity contribution is 0.109. The van der Waals surface area contributed by atoms with Gasteiger partial charge in [0.15, 0.2) is 0 Å². The molecular weight excluding hydrogens is 208 g/mol. The summed E-state index contributed by atoms with van der Waals surface area (Å²) in [5.74, 6) is 0.841. The number of aromatic nitrogens is 1. The summed E-state index contributed by atoms with van der Waals surface area (Å²) in [6.07, 6.45) is 0. The summed E-state index contributed by atoms with van der Waals surface area (Å²) in [4.78, 5) is 2.23. The van der Waals surface area contributed by atoms with Gasteiger partial charge in [-0.05, 0) is 6.92 Å². The molecule has 0 saturated carbocycles. The Balaban J connectivity index is 2.41. The molecule has 5 heteroatoms. The number of aryl methyl sites for hydroxylation is 1. The fourth-order valence-corrected chi connectivity index (χ4v) is 1.43. The molecule has 0 unspecified atom stereocenters. The van der Waals surface area contributed by atoms with E-state index in [4.69, 9.17) is 14.0 Å². The number of ether oxygens (including phenoxy) is 2. The Kier molecular flexibility index (Phi) is 6.07. The molecule has 0 aromatic carbocycles. The second-order valence-corrected chi connectivity index (χ2v) is 3.69. The molecular formula is C11H20N2O3. The van der Waals surface area contributed by atoms with Crippen LogP contribution in [0.2, 0.25) is 0 Å². The summed E-state index contributed by atoms with van der Waals surface area (Å²) in [6.45, 7) is 5.81. The molecule has 0 spiro atoms. The van der Waals surface area contributed by atoms with Crippen LogP contribution in [0.25, 0.3) is 0 Å². The summed E-state index contributed by atoms with van der Waals surface area (Å²) in [5.41, 5.74) is 0.949. The second kappa shape index (κ2) is 7.38. The van der Waals surface area contributed by atoms with Crippen LogP contribution >= 0.6 is 0 Å². The lowest BCUT2D eigenvalue weighted by Crippen LogP contribution is -2.30. The highest BCUT2D eigenvalue weighted by Gasteiger charge is 2.08. The molecule has 92 valence electrons. The first-order valence-electron chi connectivity index (χ1n) is 5.38. The lowest BCUT2D eigenvalue weighted by atomic mass is 10.3. The van der Waals surface area contributed by atoms with Crippen LogP contribution in [0, 0.1) is 6.92 Å². The smallest absolute Gasteiger partial charge is 0.133 e. The van der Waals surface area contributed by atoms with Crippen molar-refractivity contribution in [3.8, 4) is 0 Å². The monoisotopic (exact) mass is 228 g/mol. The van der Waals surface area contributed by atoms with Gasteiger partial charge in [-0.15, -0.1) is 0 Å². The van der Waals surface area contributed by atoms with Gasteiger partial charge in [0.1, 0.15) is 5.76 Å². The van der Waals surface area contributed by atoms with E-state index in [2.05, 4.69) is 10.1 Å². The zero-order valence-electron chi connectivity index (χ0n) is 10.2. The average molecular weight is 228 g/mol. The van der Waals surface area contributed by atoms with E-state index in [0.29, 0.717) is 13.2 Å². The highest BCUT2D eigenvalue weighted by molar-refractivity contribution is 5.03. The largest absolute Gasteiger partial charge is 0.383 e. The van der Waals surface area contributed by atoms with Gasteiger partial charge in [0.25, 0.3) is 0 Å². The van der Waals surface area contributed by atoms with Gasteiger partial charge >= 0.3 is 0 Å². The van der Waals surface area contributed by atoms with Crippen molar-refractivity contribution in [2.45, 2.75) is 13.5 Å². The highest BCUT2D eigenvalue weighted by Crippen LogP contribution is 2.05. The molecule has 0 aliphatic rings. The number of hydrogen-bond donors (Lipinski definition) is 0. The fourth-order valence-electron chi connectivity index (χ4n) is 1.43. The molecule has 0 bridgehead atoms. The third-order valence-electron chi connectivity index (χ3n) is 2.29. The minimum Gasteiger partial charge on any atom is -0.383 e. The standard InChI is InChI=1S/C11H20N2O3/c1-10-8-11(12-16-10)9-13(4-6-14-2)5-7-15-3/h8H,4-7,9H2,1-3H3. The molecule has 1 heterocycles. The van der Waals surface area contributed by atoms with Gasteiger partial charge < -0.3 is 14.0 Å². The molecule has 0 N–H and O–H groups in total. The molecule has 1 aromatic rings. The third-order valence-corrected chi connectivity index (χ3v) is 2.29. The van der Waals surface area contributed by atoms with E-state index < -0.39 is 0 Å². The Hall–Kier alpha value is -0.910. The molecule has 0 saturated heterocycles. The van der Waals surface area contributed by atoms with Gasteiger partial charge in [0.05, 0.1) is 18.9 Å². The van der Waals surface area contributed by atoms with Crippen molar-refractivity contribution in [1.82, 2.24) is 10.1 Å². The second-order valence-electron chi connectivity index (χ2n) is 3.69. The number of hydrogen-bond acceptors (Lipinski definition) is 5. The van der Waals surface area contributed by atoms with Crippen molar-refractivity contribution in [1.29, 1.82) is 0 Å². The normalized spacial score (nSPS) is 11.2. The van der Waals surface area contributed by atoms with Crippen LogP contribution in [0.5, 0.6) is 0 Å². The van der Waals surface area contributed by atoms with Crippen molar-refractivity contribution >= 4 is 0 Å². The first-order valence-corrected chi connectivity index (χ1v) is 5.38. The van der Waals surface area contributed by atoms with E-state index in [1.54, 1.807) is 14.2 Å². The predicted octanol–water partition coefficient (Wildman–Crippen LogP) is 1.08. The van der Waals surface area contributed by atoms with Crippen molar-refractivity contribution in [3.05, 3.63) is 17.5 Å². The van der Waals surface area contributed by atoms with Crippen molar-refractivity contribution in [2.75, 3.05) is 40.5 Å². The van der Waals surface area contributed by atoms with Crippen LogP contribution in [-0.2, 0) is 16.0 Å². The van der Waals surface area contributed by atoms with E-state index in [-0.39, 0.29) is 0 Å². The Bertz CT molecular complexity index is 281. The summed E-state index contributed by atoms with van der Waals surface area (Å²) < 4.78 is 15.2. The zero-order valence-corrected chi connectivity index (χ0v) is 10.2. The summed E-state index contributed by atoms with van der Waals surface area (Å²) in [5, 5.41) is 3.97. The summed E-state index contributed by atoms with van der Waals surface area (Å²) in [7, 11) is 3.41. The van der Waals surface area contributed by atoms with E-state index in [1.165, 1.54) is 0 Å². The summed E-state index contributed by atoms with van der Waals surface area (Å²) >= 11 is 0. The van der Waals surface area contributed by atoms with Crippen molar-refractivity contribution in [3.63, 3.8) is 0 Å². The maximum Gasteiger partial charge on any atom is 0.133 e. The van der Waals surface area contributed by atoms with Crippen LogP contribution in [0.4, 0.5) is 0 Å². The number of methoxy groups -OCH3 is 2. The Morgan fingerprint density at radius 2 is 1.88 bits per heavy atom. The molecule has 1 aromatic heterocycles. The summed E-state index contributed by atoms with van der Waals surface area (Å²) in [6, 6.07) is 1.95. The van der Waals surface area contributed by atoms with Gasteiger partial charge in [-0.25, -0.2) is 0 Å². The minimum atomic E-state index is 0.709. The Labute approximate surface area is 96.3 Å². The quantitative estimate of drug-likeness (QED) is 0.666. The van der Waals surface area contributed by atoms with Crippen LogP contribution in [-0.4, -0.2) is 50.6 Å². The molecule has 0 radical (unpaired) electrons. The maximum atomic E-state index is 5.07. The molecule has 1 rings (SSSR count). The molecule has 0 amide bonds. The van der Waals surface area contributed by atoms with Crippen LogP contribution in [0.15, 0.2) is 10.6 Å². The van der Waals surface area contributed by atoms with Crippen molar-refractivity contribution < 1.29 is 14.0 Å². The molecule has 16 heavy (non-hydrogen) atoms. The SMILES string of the molecule is COCCN(CCOC)Cc1cc(C)on1. The van der Waals surface area contributed by atoms with E-state index in [9.17, 15) is 0 Å². The number of nitrogens with zero attached hydrogens (tertiary/aromatic N) is 2. The lowest BCUT2D eigenvalue weighted by Gasteiger charge is -2.19. The first-order chi connectivity index (χ1) is 7.76. The van der Waals surface area contributed by atoms with Gasteiger partial charge in [0.2, 0.25) is 0 Å². The first kappa shape index (κ1) is 13.2. The van der Waals surface area contributed by atoms with Crippen LogP contribution in [0.3, 0.4) is 0 Å². The van der Waals surface area contributed by atoms with E-state index in [0.717, 1.165) is 31.1 Å². The molecule has 5 nitrogen and oxygen atoms in total. The van der Waals surface area contributed by atoms with Gasteiger partial charge in [-0.3, -0.25) is 4.90 Å². The van der Waals surface area contributed by atoms with Crippen molar-refractivity contribution in [2.24, 2.45) is 0 Å².